The van der Waals surface area contributed by atoms with Gasteiger partial charge in [-0.1, -0.05) is 6.07 Å². The third-order valence-electron chi connectivity index (χ3n) is 4.15. The van der Waals surface area contributed by atoms with Crippen LogP contribution in [-0.2, 0) is 10.2 Å². The molecule has 3 rings (SSSR count). The number of fused-ring (bicyclic) bond motifs is 1. The molecule has 1 aliphatic heterocycles. The van der Waals surface area contributed by atoms with Crippen molar-refractivity contribution in [3.8, 4) is 6.07 Å². The number of nitrogens with zero attached hydrogens (tertiary/aromatic N) is 2. The van der Waals surface area contributed by atoms with Crippen LogP contribution in [0.1, 0.15) is 19.4 Å². The largest absolute Gasteiger partial charge is 0.379 e. The van der Waals surface area contributed by atoms with Crippen molar-refractivity contribution in [2.24, 2.45) is 5.41 Å². The van der Waals surface area contributed by atoms with Crippen molar-refractivity contribution in [2.75, 3.05) is 13.2 Å². The standard InChI is InChI=1S/C14H15N3O/c1-13(2,6-15)14(7-18-8-14)10-3-4-11-12(5-10)17-9-16-11/h3-5,9H,7-8H2,1-2H3,(H,16,17). The first-order valence-corrected chi connectivity index (χ1v) is 6.02. The summed E-state index contributed by atoms with van der Waals surface area (Å²) in [6, 6.07) is 8.56. The van der Waals surface area contributed by atoms with E-state index < -0.39 is 5.41 Å². The van der Waals surface area contributed by atoms with E-state index in [0.29, 0.717) is 13.2 Å². The van der Waals surface area contributed by atoms with E-state index in [-0.39, 0.29) is 5.41 Å². The molecule has 1 fully saturated rings. The summed E-state index contributed by atoms with van der Waals surface area (Å²) in [5.41, 5.74) is 2.45. The number of imidazole rings is 1. The maximum absolute atomic E-state index is 9.40. The highest BCUT2D eigenvalue weighted by Crippen LogP contribution is 2.47. The molecule has 1 aromatic carbocycles. The maximum Gasteiger partial charge on any atom is 0.0931 e. The van der Waals surface area contributed by atoms with E-state index in [9.17, 15) is 5.26 Å². The normalized spacial score (nSPS) is 18.3. The van der Waals surface area contributed by atoms with Crippen LogP contribution in [0.15, 0.2) is 24.5 Å². The van der Waals surface area contributed by atoms with Crippen LogP contribution in [-0.4, -0.2) is 23.2 Å². The van der Waals surface area contributed by atoms with Crippen molar-refractivity contribution >= 4 is 11.0 Å². The molecule has 92 valence electrons. The number of H-pyrrole nitrogens is 1. The smallest absolute Gasteiger partial charge is 0.0931 e. The van der Waals surface area contributed by atoms with Gasteiger partial charge < -0.3 is 9.72 Å². The van der Waals surface area contributed by atoms with Gasteiger partial charge in [-0.3, -0.25) is 0 Å². The zero-order chi connectivity index (χ0) is 12.8. The number of ether oxygens (including phenoxy) is 1. The SMILES string of the molecule is CC(C)(C#N)C1(c2ccc3nc[nH]c3c2)COC1. The molecule has 0 unspecified atom stereocenters. The molecule has 1 aliphatic rings. The van der Waals surface area contributed by atoms with Gasteiger partial charge in [-0.05, 0) is 31.5 Å². The number of rotatable bonds is 2. The van der Waals surface area contributed by atoms with Gasteiger partial charge in [-0.25, -0.2) is 4.98 Å². The van der Waals surface area contributed by atoms with Crippen molar-refractivity contribution in [1.29, 1.82) is 5.26 Å². The Morgan fingerprint density at radius 3 is 2.83 bits per heavy atom. The summed E-state index contributed by atoms with van der Waals surface area (Å²) in [5, 5.41) is 9.40. The van der Waals surface area contributed by atoms with Gasteiger partial charge in [0.25, 0.3) is 0 Å². The average molecular weight is 241 g/mol. The molecule has 0 saturated carbocycles. The summed E-state index contributed by atoms with van der Waals surface area (Å²) in [6.07, 6.45) is 1.69. The van der Waals surface area contributed by atoms with E-state index in [1.807, 2.05) is 19.9 Å². The highest BCUT2D eigenvalue weighted by atomic mass is 16.5. The van der Waals surface area contributed by atoms with Crippen LogP contribution in [0.4, 0.5) is 0 Å². The molecule has 4 heteroatoms. The minimum absolute atomic E-state index is 0.207. The lowest BCUT2D eigenvalue weighted by atomic mass is 9.61. The van der Waals surface area contributed by atoms with Gasteiger partial charge in [-0.2, -0.15) is 5.26 Å². The number of hydrogen-bond acceptors (Lipinski definition) is 3. The number of nitrogens with one attached hydrogen (secondary N) is 1. The third kappa shape index (κ3) is 1.31. The molecule has 1 saturated heterocycles. The van der Waals surface area contributed by atoms with Gasteiger partial charge in [0.15, 0.2) is 0 Å². The lowest BCUT2D eigenvalue weighted by Crippen LogP contribution is -2.56. The molecule has 0 atom stereocenters. The number of nitriles is 1. The minimum atomic E-state index is -0.445. The fourth-order valence-electron chi connectivity index (χ4n) is 2.53. The zero-order valence-electron chi connectivity index (χ0n) is 10.5. The first-order valence-electron chi connectivity index (χ1n) is 6.02. The Balaban J connectivity index is 2.14. The van der Waals surface area contributed by atoms with Crippen LogP contribution < -0.4 is 0 Å². The van der Waals surface area contributed by atoms with E-state index in [1.165, 1.54) is 0 Å². The Hall–Kier alpha value is -1.86. The summed E-state index contributed by atoms with van der Waals surface area (Å²) >= 11 is 0. The second-order valence-corrected chi connectivity index (χ2v) is 5.45. The van der Waals surface area contributed by atoms with Crippen LogP contribution in [0.25, 0.3) is 11.0 Å². The molecular formula is C14H15N3O. The van der Waals surface area contributed by atoms with Crippen LogP contribution >= 0.6 is 0 Å². The topological polar surface area (TPSA) is 61.7 Å². The summed E-state index contributed by atoms with van der Waals surface area (Å²) in [6.45, 7) is 5.17. The highest BCUT2D eigenvalue weighted by molar-refractivity contribution is 5.75. The molecule has 1 aromatic heterocycles. The van der Waals surface area contributed by atoms with Crippen LogP contribution in [0.3, 0.4) is 0 Å². The maximum atomic E-state index is 9.40. The van der Waals surface area contributed by atoms with E-state index >= 15 is 0 Å². The Bertz CT molecular complexity index is 632. The molecule has 2 aromatic rings. The van der Waals surface area contributed by atoms with Crippen LogP contribution in [0, 0.1) is 16.7 Å². The Labute approximate surface area is 106 Å². The number of benzene rings is 1. The van der Waals surface area contributed by atoms with E-state index in [1.54, 1.807) is 6.33 Å². The Morgan fingerprint density at radius 1 is 1.44 bits per heavy atom. The van der Waals surface area contributed by atoms with Crippen molar-refractivity contribution in [2.45, 2.75) is 19.3 Å². The predicted molar refractivity (Wildman–Crippen MR) is 68.0 cm³/mol. The quantitative estimate of drug-likeness (QED) is 0.878. The van der Waals surface area contributed by atoms with E-state index in [0.717, 1.165) is 16.6 Å². The van der Waals surface area contributed by atoms with Gasteiger partial charge >= 0.3 is 0 Å². The molecule has 18 heavy (non-hydrogen) atoms. The number of hydrogen-bond donors (Lipinski definition) is 1. The number of aromatic nitrogens is 2. The highest BCUT2D eigenvalue weighted by Gasteiger charge is 2.52. The van der Waals surface area contributed by atoms with E-state index in [2.05, 4.69) is 28.2 Å². The molecule has 0 amide bonds. The van der Waals surface area contributed by atoms with Gasteiger partial charge in [0, 0.05) is 0 Å². The average Bonchev–Trinajstić information content (AvgIpc) is 2.74. The van der Waals surface area contributed by atoms with Gasteiger partial charge in [0.1, 0.15) is 0 Å². The molecule has 0 bridgehead atoms. The Kier molecular flexibility index (Phi) is 2.23. The summed E-state index contributed by atoms with van der Waals surface area (Å²) < 4.78 is 5.40. The van der Waals surface area contributed by atoms with Crippen LogP contribution in [0.5, 0.6) is 0 Å². The molecule has 0 radical (unpaired) electrons. The molecule has 4 nitrogen and oxygen atoms in total. The molecule has 2 heterocycles. The molecular weight excluding hydrogens is 226 g/mol. The third-order valence-corrected chi connectivity index (χ3v) is 4.15. The first kappa shape index (κ1) is 11.2. The van der Waals surface area contributed by atoms with Crippen molar-refractivity contribution in [3.05, 3.63) is 30.1 Å². The summed E-state index contributed by atoms with van der Waals surface area (Å²) in [5.74, 6) is 0. The molecule has 1 N–H and O–H groups in total. The fraction of sp³-hybridized carbons (Fsp3) is 0.429. The first-order chi connectivity index (χ1) is 8.59. The zero-order valence-corrected chi connectivity index (χ0v) is 10.5. The van der Waals surface area contributed by atoms with Gasteiger partial charge in [0.05, 0.1) is 47.5 Å². The lowest BCUT2D eigenvalue weighted by Gasteiger charge is -2.49. The monoisotopic (exact) mass is 241 g/mol. The molecule has 0 spiro atoms. The van der Waals surface area contributed by atoms with E-state index in [4.69, 9.17) is 4.74 Å². The molecule has 0 aliphatic carbocycles. The van der Waals surface area contributed by atoms with Crippen LogP contribution in [0.2, 0.25) is 0 Å². The van der Waals surface area contributed by atoms with Crippen molar-refractivity contribution in [3.63, 3.8) is 0 Å². The number of aromatic amines is 1. The second-order valence-electron chi connectivity index (χ2n) is 5.45. The fourth-order valence-corrected chi connectivity index (χ4v) is 2.53. The minimum Gasteiger partial charge on any atom is -0.379 e. The van der Waals surface area contributed by atoms with Gasteiger partial charge in [0.2, 0.25) is 0 Å². The summed E-state index contributed by atoms with van der Waals surface area (Å²) in [7, 11) is 0. The van der Waals surface area contributed by atoms with Gasteiger partial charge in [-0.15, -0.1) is 0 Å². The van der Waals surface area contributed by atoms with Crippen molar-refractivity contribution < 1.29 is 4.74 Å². The Morgan fingerprint density at radius 2 is 2.22 bits per heavy atom. The second kappa shape index (κ2) is 3.56. The van der Waals surface area contributed by atoms with Crippen molar-refractivity contribution in [1.82, 2.24) is 9.97 Å². The lowest BCUT2D eigenvalue weighted by molar-refractivity contribution is -0.102. The predicted octanol–water partition coefficient (Wildman–Crippen LogP) is 2.38. The summed E-state index contributed by atoms with van der Waals surface area (Å²) in [4.78, 5) is 7.33.